The first-order chi connectivity index (χ1) is 4.79. The van der Waals surface area contributed by atoms with Crippen molar-refractivity contribution in [2.75, 3.05) is 0 Å². The molecule has 0 radical (unpaired) electrons. The van der Waals surface area contributed by atoms with E-state index in [0.29, 0.717) is 0 Å². The van der Waals surface area contributed by atoms with Crippen LogP contribution in [0.2, 0.25) is 0 Å². The Morgan fingerprint density at radius 1 is 1.18 bits per heavy atom. The predicted molar refractivity (Wildman–Crippen MR) is 54.0 cm³/mol. The molecule has 0 unspecified atom stereocenters. The number of rotatable bonds is 2. The van der Waals surface area contributed by atoms with E-state index in [1.54, 1.807) is 0 Å². The van der Waals surface area contributed by atoms with Crippen LogP contribution in [0.15, 0.2) is 0 Å². The Morgan fingerprint density at radius 2 is 1.73 bits per heavy atom. The molecule has 1 fully saturated rings. The van der Waals surface area contributed by atoms with Crippen LogP contribution in [0.3, 0.4) is 0 Å². The van der Waals surface area contributed by atoms with E-state index < -0.39 is 0 Å². The van der Waals surface area contributed by atoms with Gasteiger partial charge in [-0.05, 0) is 18.3 Å². The van der Waals surface area contributed by atoms with Crippen LogP contribution in [0.4, 0.5) is 0 Å². The number of hydrogen-bond acceptors (Lipinski definition) is 0. The van der Waals surface area contributed by atoms with E-state index in [0.717, 1.165) is 11.8 Å². The molecule has 1 aliphatic carbocycles. The van der Waals surface area contributed by atoms with Gasteiger partial charge in [0.25, 0.3) is 0 Å². The van der Waals surface area contributed by atoms with Crippen LogP contribution in [0, 0.1) is 11.8 Å². The van der Waals surface area contributed by atoms with Crippen LogP contribution < -0.4 is 0 Å². The minimum Gasteiger partial charge on any atom is -1.00 e. The minimum absolute atomic E-state index is 0. The van der Waals surface area contributed by atoms with Crippen LogP contribution in [0.1, 0.15) is 55.2 Å². The fourth-order valence-corrected chi connectivity index (χ4v) is 2.09. The Hall–Kier alpha value is 0.766. The van der Waals surface area contributed by atoms with E-state index in [9.17, 15) is 0 Å². The van der Waals surface area contributed by atoms with E-state index in [-0.39, 0.29) is 25.9 Å². The molecule has 11 heavy (non-hydrogen) atoms. The minimum atomic E-state index is 0. The molecule has 64 valence electrons. The van der Waals surface area contributed by atoms with Crippen LogP contribution in [0.25, 0.3) is 0 Å². The Morgan fingerprint density at radius 3 is 2.18 bits per heavy atom. The second-order valence-electron chi connectivity index (χ2n) is 4.13. The summed E-state index contributed by atoms with van der Waals surface area (Å²) < 4.78 is 0. The van der Waals surface area contributed by atoms with Crippen molar-refractivity contribution >= 4 is 23.1 Å². The molecule has 1 saturated carbocycles. The molecule has 1 rings (SSSR count). The average molecular weight is 167 g/mol. The summed E-state index contributed by atoms with van der Waals surface area (Å²) in [5.41, 5.74) is 0. The van der Waals surface area contributed by atoms with Gasteiger partial charge in [0, 0.05) is 0 Å². The zero-order valence-corrected chi connectivity index (χ0v) is 9.52. The van der Waals surface area contributed by atoms with Gasteiger partial charge < -0.3 is 2.85 Å². The third kappa shape index (κ3) is 5.08. The Balaban J connectivity index is -0.000000333. The molecule has 0 aromatic carbocycles. The summed E-state index contributed by atoms with van der Waals surface area (Å²) in [6.45, 7) is 4.68. The maximum Gasteiger partial charge on any atom is 2.00 e. The van der Waals surface area contributed by atoms with E-state index in [1.807, 2.05) is 0 Å². The molecule has 0 aromatic heterocycles. The fourth-order valence-electron chi connectivity index (χ4n) is 2.09. The summed E-state index contributed by atoms with van der Waals surface area (Å²) >= 11 is 0. The molecular weight excluding hydrogens is 144 g/mol. The summed E-state index contributed by atoms with van der Waals surface area (Å²) in [6.07, 6.45) is 8.99. The quantitative estimate of drug-likeness (QED) is 0.551. The van der Waals surface area contributed by atoms with Crippen molar-refractivity contribution < 1.29 is 2.85 Å². The normalized spacial score (nSPS) is 19.9. The molecule has 0 aliphatic heterocycles. The van der Waals surface area contributed by atoms with Gasteiger partial charge in [-0.25, -0.2) is 0 Å². The van der Waals surface area contributed by atoms with Crippen molar-refractivity contribution in [1.82, 2.24) is 0 Å². The Kier molecular flexibility index (Phi) is 6.74. The largest absolute Gasteiger partial charge is 2.00 e. The first-order valence-corrected chi connectivity index (χ1v) is 4.79. The van der Waals surface area contributed by atoms with Crippen LogP contribution in [-0.2, 0) is 0 Å². The Bertz CT molecular complexity index is 90.9. The van der Waals surface area contributed by atoms with Gasteiger partial charge in [0.05, 0.1) is 0 Å². The molecule has 0 saturated heterocycles. The molecule has 0 bridgehead atoms. The maximum atomic E-state index is 2.34. The molecule has 0 spiro atoms. The predicted octanol–water partition coefficient (Wildman–Crippen LogP) is 3.46. The van der Waals surface area contributed by atoms with Crippen molar-refractivity contribution in [3.8, 4) is 0 Å². The molecule has 0 N–H and O–H groups in total. The smallest absolute Gasteiger partial charge is 1.00 e. The second-order valence-corrected chi connectivity index (χ2v) is 4.13. The standard InChI is InChI=1S/C10H20.Mg.2H/c1-9(2)8-10-6-4-3-5-7-10;;;/h9-10H,3-8H2,1-2H3;;;/q;+2;2*-1. The summed E-state index contributed by atoms with van der Waals surface area (Å²) in [4.78, 5) is 0. The topological polar surface area (TPSA) is 0 Å². The van der Waals surface area contributed by atoms with Crippen molar-refractivity contribution in [3.63, 3.8) is 0 Å². The molecule has 0 nitrogen and oxygen atoms in total. The van der Waals surface area contributed by atoms with Gasteiger partial charge >= 0.3 is 23.1 Å². The SMILES string of the molecule is CC(C)CC1CCCCC1.[H-].[H-].[Mg+2]. The van der Waals surface area contributed by atoms with Gasteiger partial charge in [0.2, 0.25) is 0 Å². The van der Waals surface area contributed by atoms with Crippen molar-refractivity contribution in [1.29, 1.82) is 0 Å². The van der Waals surface area contributed by atoms with Gasteiger partial charge in [0.15, 0.2) is 0 Å². The third-order valence-corrected chi connectivity index (χ3v) is 2.53. The molecule has 0 atom stereocenters. The monoisotopic (exact) mass is 166 g/mol. The third-order valence-electron chi connectivity index (χ3n) is 2.53. The Labute approximate surface area is 90.3 Å². The van der Waals surface area contributed by atoms with Gasteiger partial charge in [-0.1, -0.05) is 46.0 Å². The van der Waals surface area contributed by atoms with Crippen molar-refractivity contribution in [2.24, 2.45) is 11.8 Å². The first-order valence-electron chi connectivity index (χ1n) is 4.79. The van der Waals surface area contributed by atoms with Gasteiger partial charge in [0.1, 0.15) is 0 Å². The summed E-state index contributed by atoms with van der Waals surface area (Å²) in [5.74, 6) is 2.00. The van der Waals surface area contributed by atoms with E-state index in [1.165, 1.54) is 38.5 Å². The summed E-state index contributed by atoms with van der Waals surface area (Å²) in [5, 5.41) is 0. The van der Waals surface area contributed by atoms with Gasteiger partial charge in [-0.15, -0.1) is 0 Å². The molecule has 0 aromatic rings. The zero-order valence-electron chi connectivity index (χ0n) is 10.1. The van der Waals surface area contributed by atoms with E-state index >= 15 is 0 Å². The zero-order chi connectivity index (χ0) is 7.40. The van der Waals surface area contributed by atoms with E-state index in [2.05, 4.69) is 13.8 Å². The summed E-state index contributed by atoms with van der Waals surface area (Å²) in [6, 6.07) is 0. The van der Waals surface area contributed by atoms with Crippen LogP contribution in [-0.4, -0.2) is 23.1 Å². The van der Waals surface area contributed by atoms with Crippen LogP contribution >= 0.6 is 0 Å². The number of hydrogen-bond donors (Lipinski definition) is 0. The second kappa shape index (κ2) is 6.30. The average Bonchev–Trinajstić information content (AvgIpc) is 1.88. The first kappa shape index (κ1) is 11.8. The molecule has 1 heteroatoms. The fraction of sp³-hybridized carbons (Fsp3) is 1.00. The van der Waals surface area contributed by atoms with Crippen molar-refractivity contribution in [2.45, 2.75) is 52.4 Å². The van der Waals surface area contributed by atoms with Crippen molar-refractivity contribution in [3.05, 3.63) is 0 Å². The molecule has 0 amide bonds. The maximum absolute atomic E-state index is 2.34. The molecular formula is C10H22Mg. The van der Waals surface area contributed by atoms with Gasteiger partial charge in [-0.3, -0.25) is 0 Å². The summed E-state index contributed by atoms with van der Waals surface area (Å²) in [7, 11) is 0. The van der Waals surface area contributed by atoms with Gasteiger partial charge in [-0.2, -0.15) is 0 Å². The molecule has 0 heterocycles. The van der Waals surface area contributed by atoms with Crippen LogP contribution in [0.5, 0.6) is 0 Å². The van der Waals surface area contributed by atoms with E-state index in [4.69, 9.17) is 0 Å². The molecule has 1 aliphatic rings.